The van der Waals surface area contributed by atoms with Crippen LogP contribution in [0.4, 0.5) is 0 Å². The lowest BCUT2D eigenvalue weighted by atomic mass is 9.89. The number of rotatable bonds is 6. The average molecular weight is 281 g/mol. The van der Waals surface area contributed by atoms with Crippen molar-refractivity contribution in [2.75, 3.05) is 14.2 Å². The molecule has 0 aromatic carbocycles. The topological polar surface area (TPSA) is 60.2 Å². The Morgan fingerprint density at radius 1 is 1.25 bits per heavy atom. The molecule has 1 saturated carbocycles. The fraction of sp³-hybridized carbons (Fsp3) is 0.867. The van der Waals surface area contributed by atoms with Crippen molar-refractivity contribution in [1.29, 1.82) is 0 Å². The van der Waals surface area contributed by atoms with Gasteiger partial charge in [-0.3, -0.25) is 0 Å². The molecule has 114 valence electrons. The summed E-state index contributed by atoms with van der Waals surface area (Å²) in [4.78, 5) is 4.68. The van der Waals surface area contributed by atoms with E-state index in [0.717, 1.165) is 37.4 Å². The molecule has 0 amide bonds. The molecule has 20 heavy (non-hydrogen) atoms. The van der Waals surface area contributed by atoms with Crippen LogP contribution in [0.1, 0.15) is 64.1 Å². The van der Waals surface area contributed by atoms with Crippen molar-refractivity contribution in [2.45, 2.75) is 64.0 Å². The van der Waals surface area contributed by atoms with E-state index in [4.69, 9.17) is 9.26 Å². The summed E-state index contributed by atoms with van der Waals surface area (Å²) in [5, 5.41) is 7.51. The number of likely N-dealkylation sites (N-methyl/N-ethyl adjacent to an activating group) is 1. The maximum Gasteiger partial charge on any atom is 0.231 e. The van der Waals surface area contributed by atoms with E-state index in [2.05, 4.69) is 36.2 Å². The maximum absolute atomic E-state index is 5.72. The Morgan fingerprint density at radius 2 is 1.90 bits per heavy atom. The van der Waals surface area contributed by atoms with Gasteiger partial charge in [0.25, 0.3) is 0 Å². The molecular weight excluding hydrogens is 254 g/mol. The first-order valence-corrected chi connectivity index (χ1v) is 7.60. The second-order valence-corrected chi connectivity index (χ2v) is 6.21. The normalized spacial score (nSPS) is 21.3. The van der Waals surface area contributed by atoms with Gasteiger partial charge in [0.2, 0.25) is 11.7 Å². The van der Waals surface area contributed by atoms with Crippen LogP contribution >= 0.6 is 0 Å². The lowest BCUT2D eigenvalue weighted by Crippen LogP contribution is -2.32. The van der Waals surface area contributed by atoms with Crippen LogP contribution in [0.5, 0.6) is 0 Å². The van der Waals surface area contributed by atoms with Gasteiger partial charge in [-0.05, 0) is 45.6 Å². The first kappa shape index (κ1) is 15.4. The molecule has 1 fully saturated rings. The van der Waals surface area contributed by atoms with Gasteiger partial charge in [-0.25, -0.2) is 0 Å². The largest absolute Gasteiger partial charge is 0.370 e. The third-order valence-electron chi connectivity index (χ3n) is 4.65. The molecule has 0 saturated heterocycles. The highest BCUT2D eigenvalue weighted by atomic mass is 16.5. The molecule has 1 aliphatic rings. The molecule has 1 aromatic heterocycles. The van der Waals surface area contributed by atoms with Crippen molar-refractivity contribution >= 4 is 0 Å². The summed E-state index contributed by atoms with van der Waals surface area (Å²) in [5.74, 6) is 2.10. The minimum atomic E-state index is -0.327. The number of nitrogens with zero attached hydrogens (tertiary/aromatic N) is 2. The fourth-order valence-electron chi connectivity index (χ4n) is 3.28. The molecule has 0 bridgehead atoms. The monoisotopic (exact) mass is 281 g/mol. The van der Waals surface area contributed by atoms with Gasteiger partial charge in [-0.15, -0.1) is 0 Å². The SMILES string of the molecule is CNC(C)C(c1nc(C2(OC)CCCC2)no1)C(C)C. The second kappa shape index (κ2) is 6.22. The highest BCUT2D eigenvalue weighted by Gasteiger charge is 2.41. The van der Waals surface area contributed by atoms with Crippen molar-refractivity contribution in [3.63, 3.8) is 0 Å². The van der Waals surface area contributed by atoms with E-state index in [-0.39, 0.29) is 11.5 Å². The molecule has 5 heteroatoms. The van der Waals surface area contributed by atoms with Gasteiger partial charge in [-0.2, -0.15) is 4.98 Å². The van der Waals surface area contributed by atoms with Gasteiger partial charge >= 0.3 is 0 Å². The third-order valence-corrected chi connectivity index (χ3v) is 4.65. The Bertz CT molecular complexity index is 425. The highest BCUT2D eigenvalue weighted by Crippen LogP contribution is 2.41. The molecule has 5 nitrogen and oxygen atoms in total. The van der Waals surface area contributed by atoms with Crippen LogP contribution in [0.2, 0.25) is 0 Å². The second-order valence-electron chi connectivity index (χ2n) is 6.21. The van der Waals surface area contributed by atoms with E-state index >= 15 is 0 Å². The Kier molecular flexibility index (Phi) is 4.81. The van der Waals surface area contributed by atoms with Gasteiger partial charge in [-0.1, -0.05) is 19.0 Å². The van der Waals surface area contributed by atoms with Crippen LogP contribution in [-0.4, -0.2) is 30.3 Å². The molecule has 2 unspecified atom stereocenters. The van der Waals surface area contributed by atoms with Gasteiger partial charge in [0.15, 0.2) is 0 Å². The Morgan fingerprint density at radius 3 is 2.40 bits per heavy atom. The molecular formula is C15H27N3O2. The predicted molar refractivity (Wildman–Crippen MR) is 77.6 cm³/mol. The van der Waals surface area contributed by atoms with Crippen LogP contribution in [0.25, 0.3) is 0 Å². The Balaban J connectivity index is 2.27. The van der Waals surface area contributed by atoms with Crippen molar-refractivity contribution < 1.29 is 9.26 Å². The summed E-state index contributed by atoms with van der Waals surface area (Å²) in [6.07, 6.45) is 4.29. The number of nitrogens with one attached hydrogen (secondary N) is 1. The smallest absolute Gasteiger partial charge is 0.231 e. The molecule has 1 N–H and O–H groups in total. The summed E-state index contributed by atoms with van der Waals surface area (Å²) in [6.45, 7) is 6.52. The lowest BCUT2D eigenvalue weighted by molar-refractivity contribution is -0.0178. The van der Waals surface area contributed by atoms with E-state index in [1.165, 1.54) is 0 Å². The Hall–Kier alpha value is -0.940. The molecule has 0 aliphatic heterocycles. The van der Waals surface area contributed by atoms with Gasteiger partial charge < -0.3 is 14.6 Å². The molecule has 2 atom stereocenters. The third kappa shape index (κ3) is 2.74. The van der Waals surface area contributed by atoms with Crippen LogP contribution in [0.3, 0.4) is 0 Å². The Labute approximate surface area is 121 Å². The summed E-state index contributed by atoms with van der Waals surface area (Å²) < 4.78 is 11.3. The molecule has 1 aliphatic carbocycles. The fourth-order valence-corrected chi connectivity index (χ4v) is 3.28. The summed E-state index contributed by atoms with van der Waals surface area (Å²) in [5.41, 5.74) is -0.327. The van der Waals surface area contributed by atoms with Crippen LogP contribution < -0.4 is 5.32 Å². The molecule has 2 rings (SSSR count). The summed E-state index contributed by atoms with van der Waals surface area (Å²) in [7, 11) is 3.71. The zero-order chi connectivity index (χ0) is 14.8. The van der Waals surface area contributed by atoms with E-state index in [0.29, 0.717) is 12.0 Å². The van der Waals surface area contributed by atoms with E-state index in [9.17, 15) is 0 Å². The van der Waals surface area contributed by atoms with Crippen LogP contribution in [0.15, 0.2) is 4.52 Å². The molecule has 1 heterocycles. The number of methoxy groups -OCH3 is 1. The molecule has 1 aromatic rings. The first-order chi connectivity index (χ1) is 9.54. The zero-order valence-corrected chi connectivity index (χ0v) is 13.3. The first-order valence-electron chi connectivity index (χ1n) is 7.60. The number of hydrogen-bond donors (Lipinski definition) is 1. The van der Waals surface area contributed by atoms with Crippen molar-refractivity contribution in [2.24, 2.45) is 5.92 Å². The van der Waals surface area contributed by atoms with Crippen LogP contribution in [-0.2, 0) is 10.3 Å². The summed E-state index contributed by atoms with van der Waals surface area (Å²) in [6, 6.07) is 0.297. The van der Waals surface area contributed by atoms with E-state index < -0.39 is 0 Å². The highest BCUT2D eigenvalue weighted by molar-refractivity contribution is 5.07. The number of ether oxygens (including phenoxy) is 1. The maximum atomic E-state index is 5.72. The lowest BCUT2D eigenvalue weighted by Gasteiger charge is -2.24. The quantitative estimate of drug-likeness (QED) is 0.869. The van der Waals surface area contributed by atoms with Crippen molar-refractivity contribution in [3.05, 3.63) is 11.7 Å². The van der Waals surface area contributed by atoms with Crippen LogP contribution in [0, 0.1) is 5.92 Å². The number of aromatic nitrogens is 2. The van der Waals surface area contributed by atoms with E-state index in [1.54, 1.807) is 7.11 Å². The molecule has 0 radical (unpaired) electrons. The van der Waals surface area contributed by atoms with Crippen molar-refractivity contribution in [3.8, 4) is 0 Å². The summed E-state index contributed by atoms with van der Waals surface area (Å²) >= 11 is 0. The number of hydrogen-bond acceptors (Lipinski definition) is 5. The minimum Gasteiger partial charge on any atom is -0.370 e. The van der Waals surface area contributed by atoms with Gasteiger partial charge in [0, 0.05) is 13.2 Å². The van der Waals surface area contributed by atoms with Crippen molar-refractivity contribution in [1.82, 2.24) is 15.5 Å². The standard InChI is InChI=1S/C15H27N3O2/c1-10(2)12(11(3)16-4)13-17-14(18-20-13)15(19-5)8-6-7-9-15/h10-12,16H,6-9H2,1-5H3. The zero-order valence-electron chi connectivity index (χ0n) is 13.3. The van der Waals surface area contributed by atoms with E-state index in [1.807, 2.05) is 7.05 Å². The average Bonchev–Trinajstić information content (AvgIpc) is 3.07. The minimum absolute atomic E-state index is 0.219. The molecule has 0 spiro atoms. The van der Waals surface area contributed by atoms with Gasteiger partial charge in [0.05, 0.1) is 5.92 Å². The van der Waals surface area contributed by atoms with Gasteiger partial charge in [0.1, 0.15) is 5.60 Å². The predicted octanol–water partition coefficient (Wildman–Crippen LogP) is 2.83.